The average molecular weight is 421 g/mol. The molecular formula is C26H36N4O. The maximum Gasteiger partial charge on any atom is 0.254 e. The molecule has 1 aliphatic heterocycles. The Morgan fingerprint density at radius 3 is 2.61 bits per heavy atom. The Labute approximate surface area is 186 Å². The van der Waals surface area contributed by atoms with E-state index in [9.17, 15) is 4.79 Å². The highest BCUT2D eigenvalue weighted by atomic mass is 16.1. The first-order valence-electron chi connectivity index (χ1n) is 12.1. The highest BCUT2D eigenvalue weighted by molar-refractivity contribution is 5.95. The van der Waals surface area contributed by atoms with Gasteiger partial charge in [-0.05, 0) is 75.6 Å². The van der Waals surface area contributed by atoms with Gasteiger partial charge in [0.25, 0.3) is 5.91 Å². The summed E-state index contributed by atoms with van der Waals surface area (Å²) in [6.07, 6.45) is 12.3. The summed E-state index contributed by atoms with van der Waals surface area (Å²) in [5.41, 5.74) is 3.03. The summed E-state index contributed by atoms with van der Waals surface area (Å²) in [6.45, 7) is 5.77. The minimum atomic E-state index is 0.00911. The van der Waals surface area contributed by atoms with E-state index in [2.05, 4.69) is 57.4 Å². The molecule has 1 aromatic carbocycles. The quantitative estimate of drug-likeness (QED) is 0.678. The summed E-state index contributed by atoms with van der Waals surface area (Å²) in [6, 6.07) is 11.1. The molecule has 5 heteroatoms. The van der Waals surface area contributed by atoms with Gasteiger partial charge < -0.3 is 10.2 Å². The van der Waals surface area contributed by atoms with Crippen molar-refractivity contribution in [3.05, 3.63) is 59.7 Å². The van der Waals surface area contributed by atoms with Crippen LogP contribution in [-0.4, -0.2) is 46.5 Å². The molecule has 1 aliphatic carbocycles. The van der Waals surface area contributed by atoms with Crippen LogP contribution in [0.2, 0.25) is 0 Å². The lowest BCUT2D eigenvalue weighted by Crippen LogP contribution is -2.36. The van der Waals surface area contributed by atoms with Crippen LogP contribution in [0, 0.1) is 5.92 Å². The summed E-state index contributed by atoms with van der Waals surface area (Å²) in [5, 5.41) is 3.19. The molecule has 0 unspecified atom stereocenters. The van der Waals surface area contributed by atoms with Gasteiger partial charge in [0.1, 0.15) is 6.33 Å². The number of hydrogen-bond donors (Lipinski definition) is 1. The Bertz CT molecular complexity index is 826. The highest BCUT2D eigenvalue weighted by Crippen LogP contribution is 2.25. The molecule has 1 atom stereocenters. The first-order chi connectivity index (χ1) is 15.2. The monoisotopic (exact) mass is 420 g/mol. The van der Waals surface area contributed by atoms with Crippen molar-refractivity contribution in [3.8, 4) is 0 Å². The third-order valence-corrected chi connectivity index (χ3v) is 7.17. The number of carbonyl (C=O) groups is 1. The van der Waals surface area contributed by atoms with E-state index >= 15 is 0 Å². The minimum Gasteiger partial charge on any atom is -0.349 e. The molecule has 4 rings (SSSR count). The van der Waals surface area contributed by atoms with E-state index in [0.29, 0.717) is 23.4 Å². The molecule has 0 bridgehead atoms. The average Bonchev–Trinajstić information content (AvgIpc) is 3.32. The summed E-state index contributed by atoms with van der Waals surface area (Å²) in [7, 11) is 0. The Morgan fingerprint density at radius 2 is 1.87 bits per heavy atom. The number of rotatable bonds is 8. The minimum absolute atomic E-state index is 0.00911. The molecule has 1 aromatic heterocycles. The second-order valence-corrected chi connectivity index (χ2v) is 9.43. The van der Waals surface area contributed by atoms with E-state index in [-0.39, 0.29) is 5.91 Å². The van der Waals surface area contributed by atoms with E-state index < -0.39 is 0 Å². The molecule has 0 spiro atoms. The largest absolute Gasteiger partial charge is 0.349 e. The molecule has 1 saturated heterocycles. The van der Waals surface area contributed by atoms with Crippen LogP contribution in [0.15, 0.2) is 42.9 Å². The Kier molecular flexibility index (Phi) is 7.68. The lowest BCUT2D eigenvalue weighted by Gasteiger charge is -2.32. The third kappa shape index (κ3) is 6.13. The Morgan fingerprint density at radius 1 is 1.13 bits per heavy atom. The van der Waals surface area contributed by atoms with Crippen LogP contribution < -0.4 is 5.32 Å². The highest BCUT2D eigenvalue weighted by Gasteiger charge is 2.24. The van der Waals surface area contributed by atoms with Crippen LogP contribution in [0.4, 0.5) is 0 Å². The van der Waals surface area contributed by atoms with Crippen molar-refractivity contribution in [2.24, 2.45) is 5.92 Å². The van der Waals surface area contributed by atoms with E-state index in [4.69, 9.17) is 0 Å². The molecule has 5 nitrogen and oxygen atoms in total. The smallest absolute Gasteiger partial charge is 0.254 e. The zero-order chi connectivity index (χ0) is 21.5. The number of aromatic nitrogens is 2. The summed E-state index contributed by atoms with van der Waals surface area (Å²) < 4.78 is 0. The zero-order valence-electron chi connectivity index (χ0n) is 18.8. The van der Waals surface area contributed by atoms with Crippen LogP contribution >= 0.6 is 0 Å². The molecule has 1 amide bonds. The maximum absolute atomic E-state index is 12.8. The zero-order valence-corrected chi connectivity index (χ0v) is 18.8. The van der Waals surface area contributed by atoms with E-state index in [1.165, 1.54) is 37.7 Å². The van der Waals surface area contributed by atoms with Crippen molar-refractivity contribution < 1.29 is 4.79 Å². The van der Waals surface area contributed by atoms with E-state index in [0.717, 1.165) is 44.6 Å². The number of nitrogens with zero attached hydrogens (tertiary/aromatic N) is 3. The SMILES string of the molecule is C[C@@H](CCN1CCC(Cc2ncncc2C(=O)NC2CCCC2)CC1)c1ccccc1. The van der Waals surface area contributed by atoms with Gasteiger partial charge in [-0.2, -0.15) is 0 Å². The van der Waals surface area contributed by atoms with Gasteiger partial charge in [0, 0.05) is 12.2 Å². The van der Waals surface area contributed by atoms with Crippen molar-refractivity contribution in [3.63, 3.8) is 0 Å². The number of likely N-dealkylation sites (tertiary alicyclic amines) is 1. The van der Waals surface area contributed by atoms with Crippen LogP contribution in [0.3, 0.4) is 0 Å². The molecular weight excluding hydrogens is 384 g/mol. The molecule has 2 heterocycles. The van der Waals surface area contributed by atoms with Crippen molar-refractivity contribution in [2.75, 3.05) is 19.6 Å². The number of hydrogen-bond acceptors (Lipinski definition) is 4. The second-order valence-electron chi connectivity index (χ2n) is 9.43. The predicted octanol–water partition coefficient (Wildman–Crippen LogP) is 4.60. The number of carbonyl (C=O) groups excluding carboxylic acids is 1. The number of piperidine rings is 1. The molecule has 31 heavy (non-hydrogen) atoms. The van der Waals surface area contributed by atoms with Gasteiger partial charge >= 0.3 is 0 Å². The predicted molar refractivity (Wildman–Crippen MR) is 124 cm³/mol. The molecule has 2 fully saturated rings. The molecule has 0 radical (unpaired) electrons. The number of benzene rings is 1. The summed E-state index contributed by atoms with van der Waals surface area (Å²) >= 11 is 0. The topological polar surface area (TPSA) is 58.1 Å². The fraction of sp³-hybridized carbons (Fsp3) is 0.577. The summed E-state index contributed by atoms with van der Waals surface area (Å²) in [4.78, 5) is 24.0. The molecule has 2 aliphatic rings. The van der Waals surface area contributed by atoms with Gasteiger partial charge in [-0.1, -0.05) is 50.1 Å². The van der Waals surface area contributed by atoms with Gasteiger partial charge in [0.15, 0.2) is 0 Å². The van der Waals surface area contributed by atoms with E-state index in [1.807, 2.05) is 0 Å². The fourth-order valence-electron chi connectivity index (χ4n) is 5.05. The number of nitrogens with one attached hydrogen (secondary N) is 1. The van der Waals surface area contributed by atoms with Gasteiger partial charge in [0.05, 0.1) is 11.3 Å². The lowest BCUT2D eigenvalue weighted by atomic mass is 9.90. The van der Waals surface area contributed by atoms with Gasteiger partial charge in [-0.15, -0.1) is 0 Å². The third-order valence-electron chi connectivity index (χ3n) is 7.17. The van der Waals surface area contributed by atoms with Crippen molar-refractivity contribution in [2.45, 2.75) is 70.3 Å². The fourth-order valence-corrected chi connectivity index (χ4v) is 5.05. The van der Waals surface area contributed by atoms with Crippen LogP contribution in [0.1, 0.15) is 79.4 Å². The lowest BCUT2D eigenvalue weighted by molar-refractivity contribution is 0.0935. The van der Waals surface area contributed by atoms with Gasteiger partial charge in [-0.3, -0.25) is 4.79 Å². The Hall–Kier alpha value is -2.27. The molecule has 166 valence electrons. The summed E-state index contributed by atoms with van der Waals surface area (Å²) in [5.74, 6) is 1.20. The molecule has 1 N–H and O–H groups in total. The Balaban J connectivity index is 1.25. The van der Waals surface area contributed by atoms with Gasteiger partial charge in [-0.25, -0.2) is 9.97 Å². The normalized spacial score (nSPS) is 19.4. The van der Waals surface area contributed by atoms with Gasteiger partial charge in [0.2, 0.25) is 0 Å². The first kappa shape index (κ1) is 21.9. The number of amides is 1. The van der Waals surface area contributed by atoms with Crippen molar-refractivity contribution >= 4 is 5.91 Å². The van der Waals surface area contributed by atoms with Crippen LogP contribution in [0.5, 0.6) is 0 Å². The molecule has 1 saturated carbocycles. The van der Waals surface area contributed by atoms with Crippen LogP contribution in [-0.2, 0) is 6.42 Å². The first-order valence-corrected chi connectivity index (χ1v) is 12.1. The standard InChI is InChI=1S/C26H36N4O/c1-20(22-7-3-2-4-8-22)11-14-30-15-12-21(13-16-30)17-25-24(18-27-19-28-25)26(31)29-23-9-5-6-10-23/h2-4,7-8,18-21,23H,5-6,9-17H2,1H3,(H,29,31)/t20-/m0/s1. The van der Waals surface area contributed by atoms with Crippen molar-refractivity contribution in [1.29, 1.82) is 0 Å². The second kappa shape index (κ2) is 10.9. The van der Waals surface area contributed by atoms with Crippen LogP contribution in [0.25, 0.3) is 0 Å². The van der Waals surface area contributed by atoms with Crippen molar-refractivity contribution in [1.82, 2.24) is 20.2 Å². The maximum atomic E-state index is 12.8. The van der Waals surface area contributed by atoms with E-state index in [1.54, 1.807) is 12.5 Å². The molecule has 2 aromatic rings.